The largest absolute Gasteiger partial charge is 0.480 e. The first kappa shape index (κ1) is 15.2. The summed E-state index contributed by atoms with van der Waals surface area (Å²) >= 11 is 0. The van der Waals surface area contributed by atoms with Gasteiger partial charge in [0.25, 0.3) is 0 Å². The minimum absolute atomic E-state index is 0.320. The maximum atomic E-state index is 5.02. The second-order valence-electron chi connectivity index (χ2n) is 5.04. The minimum Gasteiger partial charge on any atom is -0.480 e. The van der Waals surface area contributed by atoms with Gasteiger partial charge in [0.2, 0.25) is 5.88 Å². The maximum absolute atomic E-state index is 5.02. The number of methoxy groups -OCH3 is 1. The van der Waals surface area contributed by atoms with Crippen molar-refractivity contribution in [3.63, 3.8) is 0 Å². The second-order valence-corrected chi connectivity index (χ2v) is 5.04. The summed E-state index contributed by atoms with van der Waals surface area (Å²) in [6.07, 6.45) is 1.04. The molecular weight excluding hydrogens is 266 g/mol. The highest BCUT2D eigenvalue weighted by molar-refractivity contribution is 5.53. The Morgan fingerprint density at radius 2 is 2.00 bits per heavy atom. The predicted molar refractivity (Wildman–Crippen MR) is 82.5 cm³/mol. The molecule has 2 aromatic rings. The first-order chi connectivity index (χ1) is 10.1. The van der Waals surface area contributed by atoms with Crippen LogP contribution in [0.4, 0.5) is 5.82 Å². The van der Waals surface area contributed by atoms with Crippen LogP contribution < -0.4 is 10.1 Å². The van der Waals surface area contributed by atoms with Crippen LogP contribution in [-0.4, -0.2) is 33.8 Å². The van der Waals surface area contributed by atoms with Crippen LogP contribution >= 0.6 is 0 Å². The predicted octanol–water partition coefficient (Wildman–Crippen LogP) is 2.89. The second kappa shape index (κ2) is 6.97. The first-order valence-electron chi connectivity index (χ1n) is 7.15. The molecule has 2 aromatic heterocycles. The number of rotatable bonds is 6. The van der Waals surface area contributed by atoms with Gasteiger partial charge in [-0.1, -0.05) is 20.8 Å². The smallest absolute Gasteiger partial charge is 0.233 e. The molecule has 2 heterocycles. The molecule has 0 unspecified atom stereocenters. The molecule has 0 aromatic carbocycles. The zero-order chi connectivity index (χ0) is 15.2. The van der Waals surface area contributed by atoms with Crippen molar-refractivity contribution in [3.05, 3.63) is 23.9 Å². The number of nitrogens with zero attached hydrogens (tertiary/aromatic N) is 4. The quantitative estimate of drug-likeness (QED) is 0.880. The lowest BCUT2D eigenvalue weighted by molar-refractivity contribution is 0.392. The van der Waals surface area contributed by atoms with Crippen LogP contribution in [0.3, 0.4) is 0 Å². The van der Waals surface area contributed by atoms with Crippen molar-refractivity contribution in [2.75, 3.05) is 19.0 Å². The lowest BCUT2D eigenvalue weighted by atomic mass is 10.1. The third kappa shape index (κ3) is 3.87. The number of ether oxygens (including phenoxy) is 1. The SMILES string of the molecule is CCCNc1cc(C(C)C)nc(-c2ccc(OC)nn2)n1. The summed E-state index contributed by atoms with van der Waals surface area (Å²) in [6, 6.07) is 5.56. The van der Waals surface area contributed by atoms with Crippen LogP contribution in [0, 0.1) is 0 Å². The average Bonchev–Trinajstić information content (AvgIpc) is 2.52. The minimum atomic E-state index is 0.320. The van der Waals surface area contributed by atoms with Gasteiger partial charge in [0.15, 0.2) is 5.82 Å². The van der Waals surface area contributed by atoms with Gasteiger partial charge in [0, 0.05) is 24.4 Å². The van der Waals surface area contributed by atoms with Crippen molar-refractivity contribution >= 4 is 5.82 Å². The number of aromatic nitrogens is 4. The van der Waals surface area contributed by atoms with E-state index in [1.807, 2.05) is 12.1 Å². The van der Waals surface area contributed by atoms with Crippen LogP contribution in [0.1, 0.15) is 38.8 Å². The third-order valence-electron chi connectivity index (χ3n) is 2.97. The van der Waals surface area contributed by atoms with Gasteiger partial charge in [-0.15, -0.1) is 10.2 Å². The zero-order valence-electron chi connectivity index (χ0n) is 12.9. The zero-order valence-corrected chi connectivity index (χ0v) is 12.9. The number of anilines is 1. The molecule has 112 valence electrons. The molecule has 0 bridgehead atoms. The fraction of sp³-hybridized carbons (Fsp3) is 0.467. The van der Waals surface area contributed by atoms with E-state index in [-0.39, 0.29) is 0 Å². The standard InChI is InChI=1S/C15H21N5O/c1-5-8-16-13-9-12(10(2)3)17-15(18-13)11-6-7-14(21-4)20-19-11/h6-7,9-10H,5,8H2,1-4H3,(H,16,17,18). The van der Waals surface area contributed by atoms with E-state index in [0.29, 0.717) is 23.3 Å². The molecule has 0 aliphatic carbocycles. The first-order valence-corrected chi connectivity index (χ1v) is 7.15. The molecule has 21 heavy (non-hydrogen) atoms. The molecule has 0 aliphatic heterocycles. The molecule has 6 nitrogen and oxygen atoms in total. The Morgan fingerprint density at radius 1 is 1.19 bits per heavy atom. The molecule has 0 fully saturated rings. The molecule has 0 aliphatic rings. The molecule has 6 heteroatoms. The Labute approximate surface area is 125 Å². The summed E-state index contributed by atoms with van der Waals surface area (Å²) in [5, 5.41) is 11.4. The van der Waals surface area contributed by atoms with E-state index in [1.54, 1.807) is 13.2 Å². The Balaban J connectivity index is 2.37. The summed E-state index contributed by atoms with van der Waals surface area (Å²) < 4.78 is 5.02. The summed E-state index contributed by atoms with van der Waals surface area (Å²) in [5.41, 5.74) is 1.62. The highest BCUT2D eigenvalue weighted by atomic mass is 16.5. The lowest BCUT2D eigenvalue weighted by Gasteiger charge is -2.11. The van der Waals surface area contributed by atoms with Gasteiger partial charge in [-0.25, -0.2) is 9.97 Å². The van der Waals surface area contributed by atoms with E-state index in [2.05, 4.69) is 46.3 Å². The molecule has 0 radical (unpaired) electrons. The Morgan fingerprint density at radius 3 is 2.57 bits per heavy atom. The molecule has 0 atom stereocenters. The third-order valence-corrected chi connectivity index (χ3v) is 2.97. The van der Waals surface area contributed by atoms with Gasteiger partial charge in [0.1, 0.15) is 11.5 Å². The van der Waals surface area contributed by atoms with E-state index in [0.717, 1.165) is 24.5 Å². The Bertz CT molecular complexity index is 583. The van der Waals surface area contributed by atoms with E-state index >= 15 is 0 Å². The van der Waals surface area contributed by atoms with Gasteiger partial charge in [-0.3, -0.25) is 0 Å². The Hall–Kier alpha value is -2.24. The van der Waals surface area contributed by atoms with Gasteiger partial charge < -0.3 is 10.1 Å². The summed E-state index contributed by atoms with van der Waals surface area (Å²) in [4.78, 5) is 9.09. The topological polar surface area (TPSA) is 72.8 Å². The summed E-state index contributed by atoms with van der Waals surface area (Å²) in [6.45, 7) is 7.21. The highest BCUT2D eigenvalue weighted by Gasteiger charge is 2.11. The normalized spacial score (nSPS) is 10.7. The van der Waals surface area contributed by atoms with Crippen LogP contribution in [-0.2, 0) is 0 Å². The van der Waals surface area contributed by atoms with E-state index < -0.39 is 0 Å². The molecule has 0 saturated carbocycles. The average molecular weight is 287 g/mol. The summed E-state index contributed by atoms with van der Waals surface area (Å²) in [5.74, 6) is 2.20. The molecule has 2 rings (SSSR count). The molecule has 0 spiro atoms. The fourth-order valence-corrected chi connectivity index (χ4v) is 1.77. The van der Waals surface area contributed by atoms with Crippen LogP contribution in [0.15, 0.2) is 18.2 Å². The van der Waals surface area contributed by atoms with E-state index in [9.17, 15) is 0 Å². The monoisotopic (exact) mass is 287 g/mol. The van der Waals surface area contributed by atoms with Gasteiger partial charge in [-0.2, -0.15) is 0 Å². The van der Waals surface area contributed by atoms with Gasteiger partial charge in [0.05, 0.1) is 7.11 Å². The van der Waals surface area contributed by atoms with E-state index in [1.165, 1.54) is 0 Å². The maximum Gasteiger partial charge on any atom is 0.233 e. The van der Waals surface area contributed by atoms with Crippen molar-refractivity contribution in [2.45, 2.75) is 33.1 Å². The highest BCUT2D eigenvalue weighted by Crippen LogP contribution is 2.21. The molecular formula is C15H21N5O. The fourth-order valence-electron chi connectivity index (χ4n) is 1.77. The van der Waals surface area contributed by atoms with Crippen molar-refractivity contribution in [2.24, 2.45) is 0 Å². The van der Waals surface area contributed by atoms with E-state index in [4.69, 9.17) is 4.74 Å². The summed E-state index contributed by atoms with van der Waals surface area (Å²) in [7, 11) is 1.56. The molecule has 1 N–H and O–H groups in total. The van der Waals surface area contributed by atoms with Gasteiger partial charge >= 0.3 is 0 Å². The van der Waals surface area contributed by atoms with Crippen LogP contribution in [0.2, 0.25) is 0 Å². The van der Waals surface area contributed by atoms with Crippen molar-refractivity contribution in [3.8, 4) is 17.4 Å². The van der Waals surface area contributed by atoms with Crippen LogP contribution in [0.5, 0.6) is 5.88 Å². The van der Waals surface area contributed by atoms with Crippen LogP contribution in [0.25, 0.3) is 11.5 Å². The van der Waals surface area contributed by atoms with Crippen molar-refractivity contribution in [1.29, 1.82) is 0 Å². The molecule has 0 saturated heterocycles. The van der Waals surface area contributed by atoms with Gasteiger partial charge in [-0.05, 0) is 18.4 Å². The molecule has 0 amide bonds. The van der Waals surface area contributed by atoms with Crippen molar-refractivity contribution in [1.82, 2.24) is 20.2 Å². The number of hydrogen-bond acceptors (Lipinski definition) is 6. The number of hydrogen-bond donors (Lipinski definition) is 1. The lowest BCUT2D eigenvalue weighted by Crippen LogP contribution is -2.07. The number of nitrogens with one attached hydrogen (secondary N) is 1. The van der Waals surface area contributed by atoms with Crippen molar-refractivity contribution < 1.29 is 4.74 Å². The Kier molecular flexibility index (Phi) is 5.03.